The van der Waals surface area contributed by atoms with E-state index in [4.69, 9.17) is 4.74 Å². The van der Waals surface area contributed by atoms with Crippen molar-refractivity contribution in [2.75, 3.05) is 6.54 Å². The molecule has 2 aromatic carbocycles. The van der Waals surface area contributed by atoms with E-state index >= 15 is 0 Å². The van der Waals surface area contributed by atoms with E-state index in [0.29, 0.717) is 12.2 Å². The van der Waals surface area contributed by atoms with Crippen molar-refractivity contribution >= 4 is 33.2 Å². The zero-order valence-corrected chi connectivity index (χ0v) is 26.6. The Morgan fingerprint density at radius 3 is 2.56 bits per heavy atom. The number of nitrogens with one attached hydrogen (secondary N) is 2. The van der Waals surface area contributed by atoms with Gasteiger partial charge in [-0.05, 0) is 42.0 Å². The largest absolute Gasteiger partial charge is 0.489 e. The number of aromatic nitrogens is 1. The van der Waals surface area contributed by atoms with Gasteiger partial charge in [-0.3, -0.25) is 9.59 Å². The number of ether oxygens (including phenoxy) is 1. The topological polar surface area (TPSA) is 138 Å². The lowest BCUT2D eigenvalue weighted by atomic mass is 9.86. The molecule has 0 aliphatic carbocycles. The van der Waals surface area contributed by atoms with Crippen LogP contribution in [0.25, 0.3) is 10.4 Å². The van der Waals surface area contributed by atoms with Crippen LogP contribution in [0.2, 0.25) is 0 Å². The van der Waals surface area contributed by atoms with Gasteiger partial charge in [-0.1, -0.05) is 57.2 Å². The number of likely N-dealkylation sites (tertiary alicyclic amines) is 1. The second kappa shape index (κ2) is 12.0. The maximum absolute atomic E-state index is 14.0. The summed E-state index contributed by atoms with van der Waals surface area (Å²) in [7, 11) is -4.17. The van der Waals surface area contributed by atoms with Crippen molar-refractivity contribution in [1.82, 2.24) is 19.9 Å². The summed E-state index contributed by atoms with van der Waals surface area (Å²) in [6, 6.07) is 10.6. The number of benzene rings is 2. The molecule has 2 aliphatic heterocycles. The molecule has 1 unspecified atom stereocenters. The van der Waals surface area contributed by atoms with E-state index in [1.807, 2.05) is 44.2 Å². The SMILES string of the molecule is Cc1ncsc1-c1ccc(CNC(=O)[C@@H]2C[C@@H](O)CN2C(=O)[C@H](NS(=O)(=O)c2cccc3c2OC(C)C3)C(C)(C)C)cc1. The van der Waals surface area contributed by atoms with Gasteiger partial charge in [-0.25, -0.2) is 13.4 Å². The lowest BCUT2D eigenvalue weighted by Gasteiger charge is -2.35. The summed E-state index contributed by atoms with van der Waals surface area (Å²) in [6.45, 7) is 9.26. The van der Waals surface area contributed by atoms with Gasteiger partial charge >= 0.3 is 0 Å². The van der Waals surface area contributed by atoms with Crippen molar-refractivity contribution in [3.63, 3.8) is 0 Å². The Kier molecular flexibility index (Phi) is 8.68. The average molecular weight is 627 g/mol. The van der Waals surface area contributed by atoms with Gasteiger partial charge in [-0.2, -0.15) is 4.72 Å². The molecule has 5 rings (SSSR count). The average Bonchev–Trinajstić information content (AvgIpc) is 3.66. The number of hydrogen-bond donors (Lipinski definition) is 3. The zero-order valence-electron chi connectivity index (χ0n) is 25.0. The van der Waals surface area contributed by atoms with Crippen LogP contribution in [-0.4, -0.2) is 66.1 Å². The van der Waals surface area contributed by atoms with Gasteiger partial charge in [-0.15, -0.1) is 11.3 Å². The number of fused-ring (bicyclic) bond motifs is 1. The number of para-hydroxylation sites is 1. The molecule has 4 atom stereocenters. The van der Waals surface area contributed by atoms with Crippen LogP contribution in [0.5, 0.6) is 5.75 Å². The van der Waals surface area contributed by atoms with E-state index < -0.39 is 45.4 Å². The van der Waals surface area contributed by atoms with E-state index in [-0.39, 0.29) is 30.5 Å². The van der Waals surface area contributed by atoms with E-state index in [1.165, 1.54) is 11.0 Å². The first-order valence-electron chi connectivity index (χ1n) is 14.3. The Labute approximate surface area is 256 Å². The monoisotopic (exact) mass is 626 g/mol. The first-order valence-corrected chi connectivity index (χ1v) is 16.7. The molecular formula is C31H38N4O6S2. The van der Waals surface area contributed by atoms with E-state index in [2.05, 4.69) is 15.0 Å². The number of carbonyl (C=O) groups excluding carboxylic acids is 2. The second-order valence-corrected chi connectivity index (χ2v) is 14.9. The summed E-state index contributed by atoms with van der Waals surface area (Å²) in [4.78, 5) is 34.0. The maximum atomic E-state index is 14.0. The van der Waals surface area contributed by atoms with Crippen molar-refractivity contribution < 1.29 is 27.9 Å². The number of sulfonamides is 1. The Morgan fingerprint density at radius 2 is 1.91 bits per heavy atom. The predicted molar refractivity (Wildman–Crippen MR) is 164 cm³/mol. The van der Waals surface area contributed by atoms with Crippen molar-refractivity contribution in [2.45, 2.75) is 83.2 Å². The summed E-state index contributed by atoms with van der Waals surface area (Å²) in [5.41, 5.74) is 4.64. The summed E-state index contributed by atoms with van der Waals surface area (Å²) in [5.74, 6) is -0.684. The third-order valence-corrected chi connectivity index (χ3v) is 10.3. The molecule has 3 aromatic rings. The van der Waals surface area contributed by atoms with Crippen LogP contribution in [0.15, 0.2) is 52.9 Å². The number of nitrogens with zero attached hydrogens (tertiary/aromatic N) is 2. The van der Waals surface area contributed by atoms with Crippen LogP contribution in [-0.2, 0) is 32.6 Å². The van der Waals surface area contributed by atoms with Gasteiger partial charge in [0, 0.05) is 25.9 Å². The molecule has 3 N–H and O–H groups in total. The van der Waals surface area contributed by atoms with Crippen LogP contribution in [0.1, 0.15) is 50.9 Å². The molecule has 10 nitrogen and oxygen atoms in total. The highest BCUT2D eigenvalue weighted by Gasteiger charge is 2.45. The van der Waals surface area contributed by atoms with Gasteiger partial charge in [0.05, 0.1) is 22.2 Å². The highest BCUT2D eigenvalue weighted by atomic mass is 32.2. The summed E-state index contributed by atoms with van der Waals surface area (Å²) >= 11 is 1.57. The highest BCUT2D eigenvalue weighted by molar-refractivity contribution is 7.89. The number of hydrogen-bond acceptors (Lipinski definition) is 8. The number of β-amino-alcohol motifs (C(OH)–C–C–N with tert-alkyl or cyclic N) is 1. The molecule has 1 aromatic heterocycles. The smallest absolute Gasteiger partial charge is 0.245 e. The van der Waals surface area contributed by atoms with Gasteiger partial charge in [0.25, 0.3) is 0 Å². The van der Waals surface area contributed by atoms with Crippen LogP contribution in [0.3, 0.4) is 0 Å². The number of thiazole rings is 1. The number of rotatable bonds is 8. The van der Waals surface area contributed by atoms with Crippen LogP contribution in [0.4, 0.5) is 0 Å². The molecular weight excluding hydrogens is 588 g/mol. The summed E-state index contributed by atoms with van der Waals surface area (Å²) in [5, 5.41) is 13.4. The van der Waals surface area contributed by atoms with E-state index in [1.54, 1.807) is 43.7 Å². The zero-order chi connectivity index (χ0) is 31.1. The number of carbonyl (C=O) groups is 2. The first-order chi connectivity index (χ1) is 20.2. The van der Waals surface area contributed by atoms with E-state index in [0.717, 1.165) is 27.3 Å². The molecule has 1 saturated heterocycles. The van der Waals surface area contributed by atoms with Gasteiger partial charge in [0.2, 0.25) is 21.8 Å². The second-order valence-electron chi connectivity index (χ2n) is 12.4. The van der Waals surface area contributed by atoms with Crippen molar-refractivity contribution in [3.8, 4) is 16.2 Å². The molecule has 1 fully saturated rings. The Bertz CT molecular complexity index is 1610. The summed E-state index contributed by atoms with van der Waals surface area (Å²) < 4.78 is 35.7. The molecule has 2 amide bonds. The van der Waals surface area contributed by atoms with Crippen LogP contribution >= 0.6 is 11.3 Å². The number of amides is 2. The number of aliphatic hydroxyl groups is 1. The molecule has 2 aliphatic rings. The molecule has 12 heteroatoms. The minimum absolute atomic E-state index is 0.0244. The fraction of sp³-hybridized carbons (Fsp3) is 0.452. The third-order valence-electron chi connectivity index (χ3n) is 7.86. The fourth-order valence-electron chi connectivity index (χ4n) is 5.57. The standard InChI is InChI=1S/C31H38N4O6S2/c1-18-13-22-7-6-8-25(26(22)41-18)43(39,40)34-28(31(3,4)5)30(38)35-16-23(36)14-24(35)29(37)32-15-20-9-11-21(12-10-20)27-19(2)33-17-42-27/h6-12,17-18,23-24,28,34,36H,13-16H2,1-5H3,(H,32,37)/t18?,23-,24+,28+/m1/s1. The van der Waals surface area contributed by atoms with Crippen LogP contribution in [0, 0.1) is 12.3 Å². The van der Waals surface area contributed by atoms with Gasteiger partial charge < -0.3 is 20.1 Å². The summed E-state index contributed by atoms with van der Waals surface area (Å²) in [6.07, 6.45) is -0.412. The number of aryl methyl sites for hydroxylation is 1. The first kappa shape index (κ1) is 31.1. The maximum Gasteiger partial charge on any atom is 0.245 e. The Hall–Kier alpha value is -3.32. The number of aliphatic hydroxyl groups excluding tert-OH is 1. The highest BCUT2D eigenvalue weighted by Crippen LogP contribution is 2.36. The fourth-order valence-corrected chi connectivity index (χ4v) is 7.95. The Morgan fingerprint density at radius 1 is 1.19 bits per heavy atom. The molecule has 0 radical (unpaired) electrons. The molecule has 0 bridgehead atoms. The molecule has 0 saturated carbocycles. The predicted octanol–water partition coefficient (Wildman–Crippen LogP) is 3.41. The minimum atomic E-state index is -4.17. The normalized spacial score (nSPS) is 20.9. The molecule has 230 valence electrons. The molecule has 43 heavy (non-hydrogen) atoms. The van der Waals surface area contributed by atoms with Crippen molar-refractivity contribution in [3.05, 3.63) is 64.8 Å². The van der Waals surface area contributed by atoms with Crippen molar-refractivity contribution in [1.29, 1.82) is 0 Å². The van der Waals surface area contributed by atoms with Crippen molar-refractivity contribution in [2.24, 2.45) is 5.41 Å². The Balaban J connectivity index is 1.30. The van der Waals surface area contributed by atoms with E-state index in [9.17, 15) is 23.1 Å². The van der Waals surface area contributed by atoms with Gasteiger partial charge in [0.1, 0.15) is 28.8 Å². The van der Waals surface area contributed by atoms with Gasteiger partial charge in [0.15, 0.2) is 0 Å². The minimum Gasteiger partial charge on any atom is -0.489 e. The molecule has 3 heterocycles. The lowest BCUT2D eigenvalue weighted by molar-refractivity contribution is -0.141. The molecule has 0 spiro atoms. The quantitative estimate of drug-likeness (QED) is 0.349. The third kappa shape index (κ3) is 6.62. The lowest BCUT2D eigenvalue weighted by Crippen LogP contribution is -2.57. The van der Waals surface area contributed by atoms with Crippen LogP contribution < -0.4 is 14.8 Å².